The first-order valence-electron chi connectivity index (χ1n) is 7.40. The number of amides is 1. The maximum Gasteiger partial charge on any atom is 0.410 e. The minimum Gasteiger partial charge on any atom is -0.508 e. The highest BCUT2D eigenvalue weighted by molar-refractivity contribution is 5.70. The standard InChI is InChI=1S/C16H22N2O3/c1-16(2,3)21-15(20)17-7-8-18-11(10-17)9-12-13(18)5-4-6-14(12)19/h4-6,11,19H,7-10H2,1-3H3. The summed E-state index contributed by atoms with van der Waals surface area (Å²) < 4.78 is 5.45. The molecule has 0 radical (unpaired) electrons. The zero-order chi connectivity index (χ0) is 15.2. The van der Waals surface area contributed by atoms with Gasteiger partial charge in [-0.15, -0.1) is 0 Å². The van der Waals surface area contributed by atoms with Crippen LogP contribution in [0.5, 0.6) is 5.75 Å². The first-order valence-corrected chi connectivity index (χ1v) is 7.40. The molecule has 0 saturated carbocycles. The third kappa shape index (κ3) is 2.64. The molecular weight excluding hydrogens is 268 g/mol. The van der Waals surface area contributed by atoms with Gasteiger partial charge in [0.25, 0.3) is 0 Å². The van der Waals surface area contributed by atoms with Crippen molar-refractivity contribution in [1.29, 1.82) is 0 Å². The van der Waals surface area contributed by atoms with Crippen molar-refractivity contribution in [2.75, 3.05) is 24.5 Å². The molecule has 21 heavy (non-hydrogen) atoms. The van der Waals surface area contributed by atoms with E-state index in [0.717, 1.165) is 24.2 Å². The summed E-state index contributed by atoms with van der Waals surface area (Å²) in [6, 6.07) is 5.87. The number of piperazine rings is 1. The number of phenolic OH excluding ortho intramolecular Hbond substituents is 1. The van der Waals surface area contributed by atoms with Crippen molar-refractivity contribution in [3.8, 4) is 5.75 Å². The number of carbonyl (C=O) groups excluding carboxylic acids is 1. The van der Waals surface area contributed by atoms with Gasteiger partial charge in [0.05, 0.1) is 6.04 Å². The third-order valence-corrected chi connectivity index (χ3v) is 4.01. The van der Waals surface area contributed by atoms with Crippen LogP contribution in [0.3, 0.4) is 0 Å². The van der Waals surface area contributed by atoms with Gasteiger partial charge in [-0.05, 0) is 32.9 Å². The summed E-state index contributed by atoms with van der Waals surface area (Å²) in [7, 11) is 0. The number of aromatic hydroxyl groups is 1. The molecule has 1 aromatic rings. The van der Waals surface area contributed by atoms with Crippen LogP contribution in [0.1, 0.15) is 26.3 Å². The van der Waals surface area contributed by atoms with Crippen molar-refractivity contribution >= 4 is 11.8 Å². The lowest BCUT2D eigenvalue weighted by molar-refractivity contribution is 0.0217. The van der Waals surface area contributed by atoms with Crippen LogP contribution in [-0.2, 0) is 11.2 Å². The van der Waals surface area contributed by atoms with E-state index in [1.54, 1.807) is 11.0 Å². The van der Waals surface area contributed by atoms with Gasteiger partial charge in [0.15, 0.2) is 0 Å². The number of carbonyl (C=O) groups is 1. The van der Waals surface area contributed by atoms with Crippen molar-refractivity contribution in [3.05, 3.63) is 23.8 Å². The molecule has 5 nitrogen and oxygen atoms in total. The topological polar surface area (TPSA) is 53.0 Å². The van der Waals surface area contributed by atoms with Gasteiger partial charge in [-0.25, -0.2) is 4.79 Å². The van der Waals surface area contributed by atoms with Gasteiger partial charge in [0.2, 0.25) is 0 Å². The number of phenols is 1. The Labute approximate surface area is 125 Å². The molecule has 5 heteroatoms. The maximum absolute atomic E-state index is 12.2. The summed E-state index contributed by atoms with van der Waals surface area (Å²) in [6.45, 7) is 7.71. The molecule has 3 rings (SSSR count). The first kappa shape index (κ1) is 14.0. The molecule has 1 atom stereocenters. The molecule has 1 amide bonds. The van der Waals surface area contributed by atoms with E-state index in [1.807, 2.05) is 32.9 Å². The molecule has 1 fully saturated rings. The molecule has 2 heterocycles. The van der Waals surface area contributed by atoms with E-state index in [2.05, 4.69) is 4.90 Å². The lowest BCUT2D eigenvalue weighted by atomic mass is 10.1. The Morgan fingerprint density at radius 2 is 2.10 bits per heavy atom. The highest BCUT2D eigenvalue weighted by Crippen LogP contribution is 2.38. The summed E-state index contributed by atoms with van der Waals surface area (Å²) in [5, 5.41) is 9.97. The fourth-order valence-corrected chi connectivity index (χ4v) is 3.12. The smallest absolute Gasteiger partial charge is 0.410 e. The van der Waals surface area contributed by atoms with Gasteiger partial charge in [0, 0.05) is 37.3 Å². The molecular formula is C16H22N2O3. The Morgan fingerprint density at radius 3 is 2.81 bits per heavy atom. The zero-order valence-corrected chi connectivity index (χ0v) is 12.8. The molecule has 2 aliphatic rings. The van der Waals surface area contributed by atoms with Crippen LogP contribution in [-0.4, -0.2) is 47.4 Å². The van der Waals surface area contributed by atoms with Crippen molar-refractivity contribution in [1.82, 2.24) is 4.90 Å². The van der Waals surface area contributed by atoms with Crippen LogP contribution >= 0.6 is 0 Å². The predicted octanol–water partition coefficient (Wildman–Crippen LogP) is 2.37. The number of hydrogen-bond acceptors (Lipinski definition) is 4. The van der Waals surface area contributed by atoms with Gasteiger partial charge in [-0.3, -0.25) is 0 Å². The van der Waals surface area contributed by atoms with Gasteiger partial charge in [-0.1, -0.05) is 6.07 Å². The highest BCUT2D eigenvalue weighted by atomic mass is 16.6. The summed E-state index contributed by atoms with van der Waals surface area (Å²) in [5.74, 6) is 0.353. The van der Waals surface area contributed by atoms with Crippen LogP contribution < -0.4 is 4.90 Å². The molecule has 1 unspecified atom stereocenters. The minimum atomic E-state index is -0.467. The largest absolute Gasteiger partial charge is 0.508 e. The minimum absolute atomic E-state index is 0.231. The van der Waals surface area contributed by atoms with Gasteiger partial charge in [0.1, 0.15) is 11.4 Å². The van der Waals surface area contributed by atoms with Crippen LogP contribution in [0.4, 0.5) is 10.5 Å². The fraction of sp³-hybridized carbons (Fsp3) is 0.562. The Hall–Kier alpha value is -1.91. The van der Waals surface area contributed by atoms with E-state index < -0.39 is 5.60 Å². The van der Waals surface area contributed by atoms with Crippen LogP contribution in [0, 0.1) is 0 Å². The first-order chi connectivity index (χ1) is 9.85. The predicted molar refractivity (Wildman–Crippen MR) is 80.8 cm³/mol. The number of nitrogens with zero attached hydrogens (tertiary/aromatic N) is 2. The van der Waals surface area contributed by atoms with Gasteiger partial charge >= 0.3 is 6.09 Å². The number of rotatable bonds is 0. The molecule has 2 aliphatic heterocycles. The monoisotopic (exact) mass is 290 g/mol. The summed E-state index contributed by atoms with van der Waals surface area (Å²) in [4.78, 5) is 16.2. The Kier molecular flexibility index (Phi) is 3.23. The zero-order valence-electron chi connectivity index (χ0n) is 12.8. The Morgan fingerprint density at radius 1 is 1.33 bits per heavy atom. The van der Waals surface area contributed by atoms with E-state index in [0.29, 0.717) is 18.8 Å². The lowest BCUT2D eigenvalue weighted by Crippen LogP contribution is -2.54. The number of benzene rings is 1. The SMILES string of the molecule is CC(C)(C)OC(=O)N1CCN2c3cccc(O)c3CC2C1. The lowest BCUT2D eigenvalue weighted by Gasteiger charge is -2.39. The number of hydrogen-bond donors (Lipinski definition) is 1. The maximum atomic E-state index is 12.2. The third-order valence-electron chi connectivity index (χ3n) is 4.01. The molecule has 0 aromatic heterocycles. The molecule has 1 saturated heterocycles. The van der Waals surface area contributed by atoms with Gasteiger partial charge in [-0.2, -0.15) is 0 Å². The number of fused-ring (bicyclic) bond motifs is 3. The van der Waals surface area contributed by atoms with Crippen molar-refractivity contribution < 1.29 is 14.6 Å². The van der Waals surface area contributed by atoms with Crippen molar-refractivity contribution in [2.45, 2.75) is 38.8 Å². The fourth-order valence-electron chi connectivity index (χ4n) is 3.12. The van der Waals surface area contributed by atoms with E-state index in [1.165, 1.54) is 0 Å². The van der Waals surface area contributed by atoms with E-state index >= 15 is 0 Å². The quantitative estimate of drug-likeness (QED) is 0.797. The van der Waals surface area contributed by atoms with E-state index in [9.17, 15) is 9.90 Å². The second-order valence-corrected chi connectivity index (χ2v) is 6.75. The molecule has 114 valence electrons. The van der Waals surface area contributed by atoms with E-state index in [-0.39, 0.29) is 12.1 Å². The molecule has 1 N–H and O–H groups in total. The van der Waals surface area contributed by atoms with Crippen molar-refractivity contribution in [3.63, 3.8) is 0 Å². The molecule has 0 bridgehead atoms. The summed E-state index contributed by atoms with van der Waals surface area (Å²) in [5.41, 5.74) is 1.63. The van der Waals surface area contributed by atoms with Crippen LogP contribution in [0.25, 0.3) is 0 Å². The molecule has 1 aromatic carbocycles. The number of ether oxygens (including phenoxy) is 1. The van der Waals surface area contributed by atoms with Crippen LogP contribution in [0.15, 0.2) is 18.2 Å². The molecule has 0 aliphatic carbocycles. The van der Waals surface area contributed by atoms with Crippen molar-refractivity contribution in [2.24, 2.45) is 0 Å². The Balaban J connectivity index is 1.72. The normalized spacial score (nSPS) is 21.0. The average Bonchev–Trinajstić information content (AvgIpc) is 2.76. The summed E-state index contributed by atoms with van der Waals surface area (Å²) in [6.07, 6.45) is 0.531. The van der Waals surface area contributed by atoms with E-state index in [4.69, 9.17) is 4.74 Å². The molecule has 0 spiro atoms. The highest BCUT2D eigenvalue weighted by Gasteiger charge is 2.37. The second kappa shape index (κ2) is 4.83. The summed E-state index contributed by atoms with van der Waals surface area (Å²) >= 11 is 0. The average molecular weight is 290 g/mol. The Bertz CT molecular complexity index is 565. The van der Waals surface area contributed by atoms with Gasteiger partial charge < -0.3 is 19.6 Å². The van der Waals surface area contributed by atoms with Crippen LogP contribution in [0.2, 0.25) is 0 Å². The number of anilines is 1. The second-order valence-electron chi connectivity index (χ2n) is 6.75.